The summed E-state index contributed by atoms with van der Waals surface area (Å²) < 4.78 is 27.2. The van der Waals surface area contributed by atoms with E-state index in [0.29, 0.717) is 78.2 Å². The lowest BCUT2D eigenvalue weighted by molar-refractivity contribution is -0.121. The summed E-state index contributed by atoms with van der Waals surface area (Å²) >= 11 is 14.0. The predicted octanol–water partition coefficient (Wildman–Crippen LogP) is 6.88. The van der Waals surface area contributed by atoms with Gasteiger partial charge in [-0.05, 0) is 63.9 Å². The monoisotopic (exact) mass is 804 g/mol. The molecule has 3 fully saturated rings. The van der Waals surface area contributed by atoms with Gasteiger partial charge in [-0.25, -0.2) is 19.2 Å². The molecule has 1 atom stereocenters. The Bertz CT molecular complexity index is 2180. The summed E-state index contributed by atoms with van der Waals surface area (Å²) in [5.41, 5.74) is 2.51. The molecule has 294 valence electrons. The molecule has 0 bridgehead atoms. The van der Waals surface area contributed by atoms with Gasteiger partial charge >= 0.3 is 6.09 Å². The number of benzene rings is 1. The molecule has 16 heteroatoms. The van der Waals surface area contributed by atoms with E-state index in [1.165, 1.54) is 12.0 Å². The van der Waals surface area contributed by atoms with Gasteiger partial charge in [0.2, 0.25) is 17.7 Å². The zero-order valence-corrected chi connectivity index (χ0v) is 33.1. The third kappa shape index (κ3) is 8.52. The van der Waals surface area contributed by atoms with Crippen molar-refractivity contribution in [2.45, 2.75) is 76.7 Å². The third-order valence-corrected chi connectivity index (χ3v) is 10.8. The lowest BCUT2D eigenvalue weighted by Crippen LogP contribution is -2.66. The van der Waals surface area contributed by atoms with Crippen molar-refractivity contribution in [3.63, 3.8) is 0 Å². The van der Waals surface area contributed by atoms with Gasteiger partial charge in [0.25, 0.3) is 0 Å². The second kappa shape index (κ2) is 15.8. The van der Waals surface area contributed by atoms with Gasteiger partial charge in [-0.3, -0.25) is 19.5 Å². The molecule has 56 heavy (non-hydrogen) atoms. The van der Waals surface area contributed by atoms with Crippen molar-refractivity contribution < 1.29 is 28.2 Å². The van der Waals surface area contributed by atoms with E-state index >= 15 is 4.39 Å². The van der Waals surface area contributed by atoms with Crippen LogP contribution in [0.3, 0.4) is 0 Å². The van der Waals surface area contributed by atoms with Gasteiger partial charge in [0.1, 0.15) is 5.60 Å². The summed E-state index contributed by atoms with van der Waals surface area (Å²) in [7, 11) is 1.49. The van der Waals surface area contributed by atoms with Crippen molar-refractivity contribution in [1.29, 1.82) is 0 Å². The lowest BCUT2D eigenvalue weighted by Gasteiger charge is -2.48. The Balaban J connectivity index is 1.10. The van der Waals surface area contributed by atoms with Crippen LogP contribution in [0.25, 0.3) is 22.5 Å². The van der Waals surface area contributed by atoms with Crippen LogP contribution in [0.15, 0.2) is 54.9 Å². The van der Waals surface area contributed by atoms with Gasteiger partial charge < -0.3 is 30.3 Å². The molecule has 0 radical (unpaired) electrons. The first-order valence-corrected chi connectivity index (χ1v) is 19.2. The van der Waals surface area contributed by atoms with Crippen LogP contribution in [0.4, 0.5) is 20.7 Å². The Labute approximate surface area is 334 Å². The van der Waals surface area contributed by atoms with Crippen molar-refractivity contribution in [1.82, 2.24) is 35.4 Å². The summed E-state index contributed by atoms with van der Waals surface area (Å²) in [5.74, 6) is -0.180. The molecule has 3 aliphatic heterocycles. The molecule has 3 saturated heterocycles. The molecule has 0 aliphatic carbocycles. The van der Waals surface area contributed by atoms with Crippen LogP contribution in [-0.4, -0.2) is 86.6 Å². The Kier molecular flexibility index (Phi) is 11.1. The van der Waals surface area contributed by atoms with Gasteiger partial charge in [0, 0.05) is 79.7 Å². The molecule has 13 nitrogen and oxygen atoms in total. The fourth-order valence-corrected chi connectivity index (χ4v) is 7.94. The van der Waals surface area contributed by atoms with Crippen LogP contribution in [0.5, 0.6) is 5.88 Å². The molecule has 3 amide bonds. The maximum atomic E-state index is 15.8. The number of pyridine rings is 3. The molecule has 1 spiro atoms. The number of hydrogen-bond donors (Lipinski definition) is 3. The van der Waals surface area contributed by atoms with E-state index < -0.39 is 17.5 Å². The van der Waals surface area contributed by atoms with Gasteiger partial charge in [-0.15, -0.1) is 0 Å². The summed E-state index contributed by atoms with van der Waals surface area (Å²) in [6.45, 7) is 7.49. The number of methoxy groups -OCH3 is 1. The number of halogens is 3. The van der Waals surface area contributed by atoms with E-state index in [2.05, 4.69) is 30.8 Å². The van der Waals surface area contributed by atoms with Gasteiger partial charge in [0.05, 0.1) is 46.3 Å². The molecule has 4 aromatic rings. The summed E-state index contributed by atoms with van der Waals surface area (Å²) in [5, 5.41) is 9.55. The highest BCUT2D eigenvalue weighted by molar-refractivity contribution is 6.39. The van der Waals surface area contributed by atoms with E-state index in [4.69, 9.17) is 37.7 Å². The molecular weight excluding hydrogens is 762 g/mol. The van der Waals surface area contributed by atoms with Crippen molar-refractivity contribution in [2.24, 2.45) is 0 Å². The van der Waals surface area contributed by atoms with Crippen LogP contribution >= 0.6 is 23.2 Å². The van der Waals surface area contributed by atoms with Gasteiger partial charge in [0.15, 0.2) is 11.6 Å². The molecule has 0 unspecified atom stereocenters. The zero-order valence-electron chi connectivity index (χ0n) is 31.5. The topological polar surface area (TPSA) is 151 Å². The normalized spacial score (nSPS) is 17.7. The minimum atomic E-state index is -0.720. The summed E-state index contributed by atoms with van der Waals surface area (Å²) in [6, 6.07) is 12.0. The fourth-order valence-electron chi connectivity index (χ4n) is 7.37. The molecule has 1 aromatic carbocycles. The van der Waals surface area contributed by atoms with E-state index in [-0.39, 0.29) is 58.2 Å². The first kappa shape index (κ1) is 39.2. The highest BCUT2D eigenvalue weighted by atomic mass is 35.5. The predicted molar refractivity (Wildman–Crippen MR) is 210 cm³/mol. The minimum absolute atomic E-state index is 0.0216. The van der Waals surface area contributed by atoms with Crippen LogP contribution < -0.4 is 20.7 Å². The molecule has 3 N–H and O–H groups in total. The number of amides is 3. The number of ether oxygens (including phenoxy) is 2. The molecule has 3 aromatic heterocycles. The van der Waals surface area contributed by atoms with Crippen LogP contribution in [0.2, 0.25) is 10.0 Å². The Morgan fingerprint density at radius 2 is 1.80 bits per heavy atom. The molecule has 3 aliphatic rings. The maximum Gasteiger partial charge on any atom is 0.410 e. The number of rotatable bonds is 11. The van der Waals surface area contributed by atoms with Crippen LogP contribution in [0.1, 0.15) is 57.6 Å². The van der Waals surface area contributed by atoms with E-state index in [9.17, 15) is 14.4 Å². The molecule has 0 saturated carbocycles. The number of carbonyl (C=O) groups excluding carboxylic acids is 3. The molecular formula is C40H43Cl2FN8O5. The van der Waals surface area contributed by atoms with E-state index in [1.807, 2.05) is 6.07 Å². The SMILES string of the molecule is COc1nc(-c2ccnc(-c3cccc(Nc4nccc(CN5CC6(CCC(=O)N6)C5)c4F)c3Cl)c2Cl)ccc1CN(C[C@@H]1CCC(=O)N1)C(=O)OC(C)(C)C. The minimum Gasteiger partial charge on any atom is -0.481 e. The lowest BCUT2D eigenvalue weighted by atomic mass is 9.88. The second-order valence-electron chi connectivity index (χ2n) is 15.4. The number of likely N-dealkylation sites (tertiary alicyclic amines) is 1. The summed E-state index contributed by atoms with van der Waals surface area (Å²) in [4.78, 5) is 54.1. The van der Waals surface area contributed by atoms with Gasteiger partial charge in [-0.1, -0.05) is 35.3 Å². The number of hydrogen-bond acceptors (Lipinski definition) is 10. The van der Waals surface area contributed by atoms with E-state index in [0.717, 1.165) is 6.42 Å². The Morgan fingerprint density at radius 3 is 2.50 bits per heavy atom. The second-order valence-corrected chi connectivity index (χ2v) is 16.2. The first-order valence-electron chi connectivity index (χ1n) is 18.4. The van der Waals surface area contributed by atoms with Crippen molar-refractivity contribution >= 4 is 52.6 Å². The average molecular weight is 806 g/mol. The zero-order chi connectivity index (χ0) is 39.8. The van der Waals surface area contributed by atoms with Gasteiger partial charge in [-0.2, -0.15) is 0 Å². The van der Waals surface area contributed by atoms with E-state index in [1.54, 1.807) is 69.6 Å². The Hall–Kier alpha value is -5.05. The number of anilines is 2. The van der Waals surface area contributed by atoms with Crippen LogP contribution in [0, 0.1) is 5.82 Å². The smallest absolute Gasteiger partial charge is 0.410 e. The standard InChI is InChI=1S/C40H43Cl2FN8O5/c1-39(2,3)56-38(54)51(20-25-9-11-30(52)46-25)19-24-8-10-28(48-37(24)55-4)26-14-17-44-35(33(26)42)27-6-5-7-29(32(27)41)47-36-34(43)23(13-16-45-36)18-50-21-40(22-50)15-12-31(53)49-40/h5-8,10,13-14,16-17,25H,9,11-12,15,18-22H2,1-4H3,(H,45,47)(H,46,52)(H,49,53)/t25-/m0/s1. The largest absolute Gasteiger partial charge is 0.481 e. The molecule has 6 heterocycles. The number of carbonyl (C=O) groups is 3. The average Bonchev–Trinajstić information content (AvgIpc) is 3.74. The quantitative estimate of drug-likeness (QED) is 0.146. The first-order chi connectivity index (χ1) is 26.7. The highest BCUT2D eigenvalue weighted by Gasteiger charge is 2.47. The summed E-state index contributed by atoms with van der Waals surface area (Å²) in [6.07, 6.45) is 4.95. The Morgan fingerprint density at radius 1 is 1.02 bits per heavy atom. The number of aromatic nitrogens is 3. The highest BCUT2D eigenvalue weighted by Crippen LogP contribution is 2.41. The fraction of sp³-hybridized carbons (Fsp3) is 0.400. The molecule has 7 rings (SSSR count). The third-order valence-electron chi connectivity index (χ3n) is 9.99. The van der Waals surface area contributed by atoms with Crippen LogP contribution in [-0.2, 0) is 27.4 Å². The maximum absolute atomic E-state index is 15.8. The number of nitrogens with one attached hydrogen (secondary N) is 3. The van der Waals surface area contributed by atoms with Crippen molar-refractivity contribution in [3.05, 3.63) is 81.8 Å². The number of nitrogens with zero attached hydrogens (tertiary/aromatic N) is 5. The van der Waals surface area contributed by atoms with Crippen molar-refractivity contribution in [3.8, 4) is 28.4 Å². The van der Waals surface area contributed by atoms with Crippen molar-refractivity contribution in [2.75, 3.05) is 32.1 Å².